The number of rotatable bonds is 8. The summed E-state index contributed by atoms with van der Waals surface area (Å²) >= 11 is 12.5. The molecule has 1 aromatic rings. The fourth-order valence-electron chi connectivity index (χ4n) is 2.60. The number of aliphatic carboxylic acids is 1. The van der Waals surface area contributed by atoms with Crippen LogP contribution in [0.1, 0.15) is 38.2 Å². The maximum Gasteiger partial charge on any atom is 0.322 e. The molecule has 1 aromatic carbocycles. The van der Waals surface area contributed by atoms with Crippen molar-refractivity contribution in [3.63, 3.8) is 0 Å². The summed E-state index contributed by atoms with van der Waals surface area (Å²) in [5, 5.41) is 22.1. The number of carbonyl (C=O) groups excluding carboxylic acids is 1. The van der Waals surface area contributed by atoms with Crippen LogP contribution in [-0.4, -0.2) is 34.1 Å². The van der Waals surface area contributed by atoms with Gasteiger partial charge in [-0.25, -0.2) is 0 Å². The SMILES string of the molecule is CC/C(=C/c1ccc(OC2(C(=O)NCC(=O)O)CCC2)c(Cl)c1Cl)[N+](=O)[O-]. The van der Waals surface area contributed by atoms with Gasteiger partial charge in [-0.3, -0.25) is 19.7 Å². The second-order valence-corrected chi connectivity index (χ2v) is 6.81. The van der Waals surface area contributed by atoms with Gasteiger partial charge in [-0.15, -0.1) is 0 Å². The van der Waals surface area contributed by atoms with Crippen LogP contribution in [0.2, 0.25) is 10.0 Å². The summed E-state index contributed by atoms with van der Waals surface area (Å²) in [5.41, 5.74) is -0.861. The summed E-state index contributed by atoms with van der Waals surface area (Å²) in [6, 6.07) is 3.00. The van der Waals surface area contributed by atoms with E-state index in [4.69, 9.17) is 33.0 Å². The molecular weight excluding hydrogens is 399 g/mol. The summed E-state index contributed by atoms with van der Waals surface area (Å²) in [5.74, 6) is -1.54. The van der Waals surface area contributed by atoms with E-state index < -0.39 is 28.9 Å². The minimum absolute atomic E-state index is 0.0230. The van der Waals surface area contributed by atoms with Crippen LogP contribution in [0.5, 0.6) is 5.75 Å². The highest BCUT2D eigenvalue weighted by molar-refractivity contribution is 6.43. The fourth-order valence-corrected chi connectivity index (χ4v) is 3.02. The van der Waals surface area contributed by atoms with Crippen LogP contribution in [0.3, 0.4) is 0 Å². The Hall–Kier alpha value is -2.32. The van der Waals surface area contributed by atoms with E-state index in [1.807, 2.05) is 0 Å². The minimum Gasteiger partial charge on any atom is -0.480 e. The standard InChI is InChI=1S/C17H18Cl2N2O6/c1-2-11(21(25)26)8-10-4-5-12(15(19)14(10)18)27-17(6-3-7-17)16(24)20-9-13(22)23/h4-5,8H,2-3,6-7,9H2,1H3,(H,20,24)(H,22,23)/b11-8-. The van der Waals surface area contributed by atoms with Crippen LogP contribution in [0, 0.1) is 10.1 Å². The Balaban J connectivity index is 2.26. The van der Waals surface area contributed by atoms with E-state index in [1.165, 1.54) is 18.2 Å². The van der Waals surface area contributed by atoms with Gasteiger partial charge in [0.1, 0.15) is 17.3 Å². The molecule has 146 valence electrons. The topological polar surface area (TPSA) is 119 Å². The Bertz CT molecular complexity index is 805. The van der Waals surface area contributed by atoms with Crippen molar-refractivity contribution in [3.8, 4) is 5.75 Å². The molecule has 8 nitrogen and oxygen atoms in total. The lowest BCUT2D eigenvalue weighted by molar-refractivity contribution is -0.425. The lowest BCUT2D eigenvalue weighted by Gasteiger charge is -2.40. The first-order chi connectivity index (χ1) is 12.7. The highest BCUT2D eigenvalue weighted by Crippen LogP contribution is 2.42. The Morgan fingerprint density at radius 3 is 2.52 bits per heavy atom. The maximum absolute atomic E-state index is 12.3. The lowest BCUT2D eigenvalue weighted by Crippen LogP contribution is -2.56. The predicted molar refractivity (Wildman–Crippen MR) is 99.6 cm³/mol. The van der Waals surface area contributed by atoms with Crippen molar-refractivity contribution in [1.82, 2.24) is 5.32 Å². The highest BCUT2D eigenvalue weighted by Gasteiger charge is 2.47. The third kappa shape index (κ3) is 4.70. The predicted octanol–water partition coefficient (Wildman–Crippen LogP) is 3.52. The van der Waals surface area contributed by atoms with Crippen molar-refractivity contribution < 1.29 is 24.4 Å². The molecule has 0 atom stereocenters. The fraction of sp³-hybridized carbons (Fsp3) is 0.412. The number of hydrogen-bond donors (Lipinski definition) is 2. The average molecular weight is 417 g/mol. The van der Waals surface area contributed by atoms with Crippen LogP contribution in [0.15, 0.2) is 17.8 Å². The summed E-state index contributed by atoms with van der Waals surface area (Å²) in [4.78, 5) is 33.4. The first kappa shape index (κ1) is 21.0. The number of halogens is 2. The van der Waals surface area contributed by atoms with E-state index in [1.54, 1.807) is 6.92 Å². The zero-order valence-corrected chi connectivity index (χ0v) is 16.0. The van der Waals surface area contributed by atoms with E-state index in [-0.39, 0.29) is 27.9 Å². The number of carboxylic acids is 1. The molecule has 1 aliphatic carbocycles. The van der Waals surface area contributed by atoms with Crippen molar-refractivity contribution in [2.45, 2.75) is 38.2 Å². The Labute approximate surface area is 165 Å². The number of nitrogens with one attached hydrogen (secondary N) is 1. The number of nitrogens with zero attached hydrogens (tertiary/aromatic N) is 1. The quantitative estimate of drug-likeness (QED) is 0.494. The summed E-state index contributed by atoms with van der Waals surface area (Å²) < 4.78 is 5.80. The second kappa shape index (κ2) is 8.58. The number of allylic oxidation sites excluding steroid dienone is 1. The lowest BCUT2D eigenvalue weighted by atomic mass is 9.79. The van der Waals surface area contributed by atoms with Gasteiger partial charge >= 0.3 is 5.97 Å². The first-order valence-corrected chi connectivity index (χ1v) is 8.98. The molecule has 0 saturated heterocycles. The third-order valence-electron chi connectivity index (χ3n) is 4.28. The van der Waals surface area contributed by atoms with Crippen LogP contribution < -0.4 is 10.1 Å². The van der Waals surface area contributed by atoms with Crippen LogP contribution in [-0.2, 0) is 9.59 Å². The van der Waals surface area contributed by atoms with Gasteiger partial charge in [-0.05, 0) is 31.4 Å². The molecule has 2 N–H and O–H groups in total. The van der Waals surface area contributed by atoms with Gasteiger partial charge in [0.2, 0.25) is 5.70 Å². The molecule has 2 rings (SSSR count). The summed E-state index contributed by atoms with van der Waals surface area (Å²) in [7, 11) is 0. The second-order valence-electron chi connectivity index (χ2n) is 6.05. The molecule has 1 aliphatic rings. The summed E-state index contributed by atoms with van der Waals surface area (Å²) in [6.07, 6.45) is 3.11. The largest absolute Gasteiger partial charge is 0.480 e. The van der Waals surface area contributed by atoms with E-state index in [0.717, 1.165) is 6.42 Å². The molecule has 0 heterocycles. The Morgan fingerprint density at radius 1 is 1.37 bits per heavy atom. The molecule has 0 bridgehead atoms. The van der Waals surface area contributed by atoms with Gasteiger partial charge in [0.15, 0.2) is 5.60 Å². The normalized spacial score (nSPS) is 15.6. The number of hydrogen-bond acceptors (Lipinski definition) is 5. The number of carboxylic acid groups (broad SMARTS) is 1. The van der Waals surface area contributed by atoms with Crippen LogP contribution in [0.4, 0.5) is 0 Å². The Kier molecular flexibility index (Phi) is 6.67. The van der Waals surface area contributed by atoms with Crippen LogP contribution in [0.25, 0.3) is 6.08 Å². The highest BCUT2D eigenvalue weighted by atomic mass is 35.5. The molecule has 0 aromatic heterocycles. The van der Waals surface area contributed by atoms with Gasteiger partial charge in [-0.2, -0.15) is 0 Å². The van der Waals surface area contributed by atoms with Crippen molar-refractivity contribution in [2.75, 3.05) is 6.54 Å². The van der Waals surface area contributed by atoms with E-state index in [0.29, 0.717) is 18.4 Å². The number of amides is 1. The van der Waals surface area contributed by atoms with Crippen molar-refractivity contribution in [3.05, 3.63) is 43.6 Å². The molecular formula is C17H18Cl2N2O6. The smallest absolute Gasteiger partial charge is 0.322 e. The van der Waals surface area contributed by atoms with E-state index in [2.05, 4.69) is 5.32 Å². The monoisotopic (exact) mass is 416 g/mol. The summed E-state index contributed by atoms with van der Waals surface area (Å²) in [6.45, 7) is 1.14. The molecule has 0 unspecified atom stereocenters. The molecule has 1 saturated carbocycles. The average Bonchev–Trinajstić information content (AvgIpc) is 2.58. The zero-order valence-electron chi connectivity index (χ0n) is 14.5. The van der Waals surface area contributed by atoms with Crippen molar-refractivity contribution in [1.29, 1.82) is 0 Å². The van der Waals surface area contributed by atoms with Gasteiger partial charge < -0.3 is 15.2 Å². The molecule has 0 spiro atoms. The van der Waals surface area contributed by atoms with Gasteiger partial charge in [0.05, 0.1) is 9.95 Å². The molecule has 27 heavy (non-hydrogen) atoms. The number of carbonyl (C=O) groups is 2. The number of ether oxygens (including phenoxy) is 1. The van der Waals surface area contributed by atoms with E-state index in [9.17, 15) is 19.7 Å². The van der Waals surface area contributed by atoms with Gasteiger partial charge in [0, 0.05) is 18.1 Å². The van der Waals surface area contributed by atoms with E-state index >= 15 is 0 Å². The molecule has 0 radical (unpaired) electrons. The Morgan fingerprint density at radius 2 is 2.04 bits per heavy atom. The first-order valence-electron chi connectivity index (χ1n) is 8.22. The molecule has 1 fully saturated rings. The minimum atomic E-state index is -1.20. The van der Waals surface area contributed by atoms with Crippen LogP contribution >= 0.6 is 23.2 Å². The third-order valence-corrected chi connectivity index (χ3v) is 5.16. The molecule has 0 aliphatic heterocycles. The number of benzene rings is 1. The maximum atomic E-state index is 12.3. The van der Waals surface area contributed by atoms with Gasteiger partial charge in [-0.1, -0.05) is 30.1 Å². The zero-order chi connectivity index (χ0) is 20.2. The number of nitro groups is 1. The van der Waals surface area contributed by atoms with Crippen molar-refractivity contribution in [2.24, 2.45) is 0 Å². The van der Waals surface area contributed by atoms with Gasteiger partial charge in [0.25, 0.3) is 5.91 Å². The molecule has 10 heteroatoms. The molecule has 1 amide bonds. The van der Waals surface area contributed by atoms with Crippen molar-refractivity contribution >= 4 is 41.2 Å².